The molecule has 0 amide bonds. The van der Waals surface area contributed by atoms with Gasteiger partial charge in [0.25, 0.3) is 0 Å². The molecule has 1 N–H and O–H groups in total. The van der Waals surface area contributed by atoms with Crippen molar-refractivity contribution in [1.29, 1.82) is 0 Å². The maximum absolute atomic E-state index is 10.9. The van der Waals surface area contributed by atoms with E-state index in [1.165, 1.54) is 18.0 Å². The molecule has 0 radical (unpaired) electrons. The predicted molar refractivity (Wildman–Crippen MR) is 67.8 cm³/mol. The number of halogens is 1. The Morgan fingerprint density at radius 2 is 2.12 bits per heavy atom. The van der Waals surface area contributed by atoms with Gasteiger partial charge in [-0.05, 0) is 17.7 Å². The van der Waals surface area contributed by atoms with Crippen molar-refractivity contribution in [2.75, 3.05) is 17.8 Å². The van der Waals surface area contributed by atoms with Gasteiger partial charge in [-0.15, -0.1) is 11.8 Å². The van der Waals surface area contributed by atoms with Crippen molar-refractivity contribution < 1.29 is 13.5 Å². The minimum absolute atomic E-state index is 0.0476. The van der Waals surface area contributed by atoms with Gasteiger partial charge in [-0.2, -0.15) is 0 Å². The lowest BCUT2D eigenvalue weighted by Gasteiger charge is -2.05. The summed E-state index contributed by atoms with van der Waals surface area (Å²) < 4.78 is 21.9. The van der Waals surface area contributed by atoms with E-state index in [0.29, 0.717) is 10.8 Å². The number of hydrogen-bond acceptors (Lipinski definition) is 4. The summed E-state index contributed by atoms with van der Waals surface area (Å²) in [7, 11) is -2.92. The van der Waals surface area contributed by atoms with Crippen LogP contribution in [0, 0.1) is 0 Å². The lowest BCUT2D eigenvalue weighted by atomic mass is 10.2. The van der Waals surface area contributed by atoms with E-state index in [-0.39, 0.29) is 12.4 Å². The second-order valence-electron chi connectivity index (χ2n) is 3.40. The summed E-state index contributed by atoms with van der Waals surface area (Å²) in [6, 6.07) is 5.25. The molecule has 1 rings (SSSR count). The third kappa shape index (κ3) is 4.74. The SMILES string of the molecule is CS(=O)(=O)CCSc1ccc(CO)cc1Cl. The van der Waals surface area contributed by atoms with Crippen LogP contribution < -0.4 is 0 Å². The first-order valence-electron chi connectivity index (χ1n) is 4.62. The van der Waals surface area contributed by atoms with Crippen molar-refractivity contribution in [2.24, 2.45) is 0 Å². The van der Waals surface area contributed by atoms with Gasteiger partial charge in [-0.25, -0.2) is 8.42 Å². The highest BCUT2D eigenvalue weighted by Crippen LogP contribution is 2.28. The fourth-order valence-corrected chi connectivity index (χ4v) is 3.55. The average Bonchev–Trinajstić information content (AvgIpc) is 2.18. The van der Waals surface area contributed by atoms with Crippen molar-refractivity contribution >= 4 is 33.2 Å². The van der Waals surface area contributed by atoms with Crippen LogP contribution in [0.5, 0.6) is 0 Å². The highest BCUT2D eigenvalue weighted by molar-refractivity contribution is 8.00. The molecule has 0 aliphatic heterocycles. The molecule has 0 aromatic heterocycles. The van der Waals surface area contributed by atoms with E-state index in [9.17, 15) is 8.42 Å². The third-order valence-corrected chi connectivity index (χ3v) is 4.59. The van der Waals surface area contributed by atoms with Gasteiger partial charge in [0.05, 0.1) is 17.4 Å². The molecular formula is C10H13ClO3S2. The number of hydrogen-bond donors (Lipinski definition) is 1. The molecule has 0 unspecified atom stereocenters. The van der Waals surface area contributed by atoms with Crippen LogP contribution in [0.1, 0.15) is 5.56 Å². The Morgan fingerprint density at radius 3 is 2.62 bits per heavy atom. The molecule has 3 nitrogen and oxygen atoms in total. The highest BCUT2D eigenvalue weighted by Gasteiger charge is 2.05. The van der Waals surface area contributed by atoms with E-state index in [2.05, 4.69) is 0 Å². The molecule has 1 aromatic rings. The van der Waals surface area contributed by atoms with Crippen LogP contribution in [0.2, 0.25) is 5.02 Å². The first-order valence-corrected chi connectivity index (χ1v) is 8.04. The van der Waals surface area contributed by atoms with Gasteiger partial charge in [-0.3, -0.25) is 0 Å². The van der Waals surface area contributed by atoms with Crippen LogP contribution in [0.25, 0.3) is 0 Å². The minimum atomic E-state index is -2.92. The fraction of sp³-hybridized carbons (Fsp3) is 0.400. The van der Waals surface area contributed by atoms with E-state index >= 15 is 0 Å². The second-order valence-corrected chi connectivity index (χ2v) is 7.20. The average molecular weight is 281 g/mol. The van der Waals surface area contributed by atoms with Crippen LogP contribution in [-0.2, 0) is 16.4 Å². The van der Waals surface area contributed by atoms with E-state index in [0.717, 1.165) is 10.5 Å². The van der Waals surface area contributed by atoms with E-state index < -0.39 is 9.84 Å². The number of benzene rings is 1. The van der Waals surface area contributed by atoms with Gasteiger partial charge < -0.3 is 5.11 Å². The standard InChI is InChI=1S/C10H13ClO3S2/c1-16(13,14)5-4-15-10-3-2-8(7-12)6-9(10)11/h2-3,6,12H,4-5,7H2,1H3. The summed E-state index contributed by atoms with van der Waals surface area (Å²) >= 11 is 7.38. The van der Waals surface area contributed by atoms with Crippen LogP contribution in [-0.4, -0.2) is 31.3 Å². The number of aliphatic hydroxyl groups excluding tert-OH is 1. The second kappa shape index (κ2) is 5.91. The lowest BCUT2D eigenvalue weighted by molar-refractivity contribution is 0.282. The largest absolute Gasteiger partial charge is 0.392 e. The molecule has 0 atom stereocenters. The number of rotatable bonds is 5. The normalized spacial score (nSPS) is 11.7. The predicted octanol–water partition coefficient (Wildman–Crippen LogP) is 1.97. The van der Waals surface area contributed by atoms with Crippen LogP contribution in [0.15, 0.2) is 23.1 Å². The van der Waals surface area contributed by atoms with Crippen LogP contribution in [0.3, 0.4) is 0 Å². The number of aliphatic hydroxyl groups is 1. The molecular weight excluding hydrogens is 268 g/mol. The smallest absolute Gasteiger partial charge is 0.148 e. The molecule has 6 heteroatoms. The summed E-state index contributed by atoms with van der Waals surface area (Å²) in [5.74, 6) is 0.618. The van der Waals surface area contributed by atoms with Gasteiger partial charge in [0.15, 0.2) is 0 Å². The maximum atomic E-state index is 10.9. The number of thioether (sulfide) groups is 1. The molecule has 0 saturated heterocycles. The van der Waals surface area contributed by atoms with Crippen molar-refractivity contribution in [1.82, 2.24) is 0 Å². The maximum Gasteiger partial charge on any atom is 0.148 e. The Labute approximate surface area is 105 Å². The summed E-state index contributed by atoms with van der Waals surface area (Å²) in [6.45, 7) is -0.0476. The summed E-state index contributed by atoms with van der Waals surface area (Å²) in [4.78, 5) is 0.836. The van der Waals surface area contributed by atoms with Gasteiger partial charge in [-0.1, -0.05) is 17.7 Å². The Hall–Kier alpha value is -0.230. The van der Waals surface area contributed by atoms with E-state index in [4.69, 9.17) is 16.7 Å². The molecule has 1 aromatic carbocycles. The molecule has 0 fully saturated rings. The molecule has 0 aliphatic rings. The van der Waals surface area contributed by atoms with Crippen molar-refractivity contribution in [3.8, 4) is 0 Å². The van der Waals surface area contributed by atoms with Gasteiger partial charge in [0.1, 0.15) is 9.84 Å². The molecule has 0 bridgehead atoms. The van der Waals surface area contributed by atoms with Crippen LogP contribution >= 0.6 is 23.4 Å². The molecule has 90 valence electrons. The molecule has 0 heterocycles. The first kappa shape index (κ1) is 13.8. The lowest BCUT2D eigenvalue weighted by Crippen LogP contribution is -2.04. The van der Waals surface area contributed by atoms with Crippen molar-refractivity contribution in [3.05, 3.63) is 28.8 Å². The van der Waals surface area contributed by atoms with Gasteiger partial charge in [0.2, 0.25) is 0 Å². The topological polar surface area (TPSA) is 54.4 Å². The van der Waals surface area contributed by atoms with Gasteiger partial charge >= 0.3 is 0 Å². The highest BCUT2D eigenvalue weighted by atomic mass is 35.5. The van der Waals surface area contributed by atoms with Gasteiger partial charge in [0, 0.05) is 16.9 Å². The van der Waals surface area contributed by atoms with Crippen molar-refractivity contribution in [2.45, 2.75) is 11.5 Å². The third-order valence-electron chi connectivity index (χ3n) is 1.89. The Balaban J connectivity index is 2.61. The zero-order valence-corrected chi connectivity index (χ0v) is 11.2. The summed E-state index contributed by atoms with van der Waals surface area (Å²) in [5.41, 5.74) is 0.748. The van der Waals surface area contributed by atoms with E-state index in [1.54, 1.807) is 18.2 Å². The molecule has 0 aliphatic carbocycles. The number of sulfone groups is 1. The van der Waals surface area contributed by atoms with Crippen LogP contribution in [0.4, 0.5) is 0 Å². The molecule has 0 saturated carbocycles. The zero-order valence-electron chi connectivity index (χ0n) is 8.81. The summed E-state index contributed by atoms with van der Waals surface area (Å²) in [5, 5.41) is 9.44. The Morgan fingerprint density at radius 1 is 1.44 bits per heavy atom. The Kier molecular flexibility index (Phi) is 5.11. The first-order chi connectivity index (χ1) is 7.42. The fourth-order valence-electron chi connectivity index (χ4n) is 1.06. The summed E-state index contributed by atoms with van der Waals surface area (Å²) in [6.07, 6.45) is 1.21. The zero-order chi connectivity index (χ0) is 12.2. The van der Waals surface area contributed by atoms with Crippen molar-refractivity contribution in [3.63, 3.8) is 0 Å². The monoisotopic (exact) mass is 280 g/mol. The quantitative estimate of drug-likeness (QED) is 0.838. The minimum Gasteiger partial charge on any atom is -0.392 e. The van der Waals surface area contributed by atoms with E-state index in [1.807, 2.05) is 0 Å². The molecule has 16 heavy (non-hydrogen) atoms. The molecule has 0 spiro atoms. The Bertz CT molecular complexity index is 457.